The third kappa shape index (κ3) is 5.01. The molecule has 2 rings (SSSR count). The van der Waals surface area contributed by atoms with Crippen LogP contribution in [-0.4, -0.2) is 15.5 Å². The number of fused-ring (bicyclic) bond motifs is 1. The second kappa shape index (κ2) is 8.78. The van der Waals surface area contributed by atoms with Crippen LogP contribution in [0, 0.1) is 6.92 Å². The van der Waals surface area contributed by atoms with Gasteiger partial charge in [-0.1, -0.05) is 28.4 Å². The van der Waals surface area contributed by atoms with Crippen molar-refractivity contribution in [3.63, 3.8) is 0 Å². The van der Waals surface area contributed by atoms with Crippen LogP contribution >= 0.6 is 36.3 Å². The molecule has 23 heavy (non-hydrogen) atoms. The molecule has 0 aliphatic rings. The van der Waals surface area contributed by atoms with Crippen molar-refractivity contribution in [3.8, 4) is 0 Å². The van der Waals surface area contributed by atoms with Gasteiger partial charge in [-0.25, -0.2) is 10.5 Å². The van der Waals surface area contributed by atoms with Crippen molar-refractivity contribution >= 4 is 57.8 Å². The minimum atomic E-state index is 0.614. The molecule has 0 radical (unpaired) electrons. The zero-order valence-electron chi connectivity index (χ0n) is 12.1. The Bertz CT molecular complexity index is 712. The number of thiocarbonyl (C=S) groups is 1. The summed E-state index contributed by atoms with van der Waals surface area (Å²) in [5.41, 5.74) is 1.82. The maximum Gasteiger partial charge on any atom is 0.0765 e. The topological polar surface area (TPSA) is 89.4 Å². The SMILES string of the molecule is CC(=S)Nc1cc(C)cc2cc(SOOO)cc(SOOO)c12. The van der Waals surface area contributed by atoms with Gasteiger partial charge < -0.3 is 5.32 Å². The summed E-state index contributed by atoms with van der Waals surface area (Å²) in [5, 5.41) is 28.8. The lowest BCUT2D eigenvalue weighted by Gasteiger charge is -2.14. The van der Waals surface area contributed by atoms with Crippen LogP contribution in [0.1, 0.15) is 12.5 Å². The Morgan fingerprint density at radius 2 is 1.78 bits per heavy atom. The largest absolute Gasteiger partial charge is 0.350 e. The molecule has 0 unspecified atom stereocenters. The van der Waals surface area contributed by atoms with Crippen molar-refractivity contribution in [3.05, 3.63) is 29.8 Å². The highest BCUT2D eigenvalue weighted by molar-refractivity contribution is 7.95. The Balaban J connectivity index is 2.59. The second-order valence-corrected chi connectivity index (χ2v) is 6.59. The minimum Gasteiger partial charge on any atom is -0.350 e. The Kier molecular flexibility index (Phi) is 7.02. The first-order valence-corrected chi connectivity index (χ1v) is 8.10. The lowest BCUT2D eigenvalue weighted by Crippen LogP contribution is -2.04. The molecule has 2 aromatic rings. The van der Waals surface area contributed by atoms with Crippen molar-refractivity contribution in [2.45, 2.75) is 23.6 Å². The highest BCUT2D eigenvalue weighted by Gasteiger charge is 2.13. The molecule has 3 N–H and O–H groups in total. The molecule has 0 aromatic heterocycles. The zero-order chi connectivity index (χ0) is 16.8. The van der Waals surface area contributed by atoms with Gasteiger partial charge in [0, 0.05) is 20.9 Å². The predicted molar refractivity (Wildman–Crippen MR) is 91.9 cm³/mol. The van der Waals surface area contributed by atoms with E-state index in [2.05, 4.69) is 24.1 Å². The Hall–Kier alpha value is -0.950. The molecule has 0 saturated heterocycles. The van der Waals surface area contributed by atoms with Gasteiger partial charge in [0.05, 0.1) is 29.1 Å². The smallest absolute Gasteiger partial charge is 0.0765 e. The summed E-state index contributed by atoms with van der Waals surface area (Å²) in [6, 6.07) is 7.48. The molecule has 0 heterocycles. The van der Waals surface area contributed by atoms with Crippen LogP contribution in [-0.2, 0) is 18.7 Å². The number of hydrogen-bond donors (Lipinski definition) is 3. The van der Waals surface area contributed by atoms with Crippen molar-refractivity contribution in [1.29, 1.82) is 0 Å². The minimum absolute atomic E-state index is 0.614. The molecule has 10 heteroatoms. The fourth-order valence-electron chi connectivity index (χ4n) is 2.11. The van der Waals surface area contributed by atoms with Crippen LogP contribution in [0.3, 0.4) is 0 Å². The lowest BCUT2D eigenvalue weighted by molar-refractivity contribution is -0.432. The highest BCUT2D eigenvalue weighted by atomic mass is 32.2. The van der Waals surface area contributed by atoms with Crippen molar-refractivity contribution < 1.29 is 29.3 Å². The standard InChI is InChI=1S/C13H13NO6S3/c1-7-3-9-5-10(22-19-17-15)6-12(23-20-18-16)13(9)11(4-7)14-8(2)21/h3-6,15-16H,1-2H3,(H,14,21). The Labute approximate surface area is 146 Å². The highest BCUT2D eigenvalue weighted by Crippen LogP contribution is 2.38. The molecule has 0 atom stereocenters. The van der Waals surface area contributed by atoms with Crippen LogP contribution in [0.4, 0.5) is 5.69 Å². The number of anilines is 1. The third-order valence-corrected chi connectivity index (χ3v) is 4.05. The molecular weight excluding hydrogens is 362 g/mol. The fourth-order valence-corrected chi connectivity index (χ4v) is 3.33. The normalized spacial score (nSPS) is 11.0. The number of hydrogen-bond acceptors (Lipinski definition) is 9. The van der Waals surface area contributed by atoms with E-state index in [4.69, 9.17) is 22.7 Å². The van der Waals surface area contributed by atoms with E-state index in [1.54, 1.807) is 13.0 Å². The summed E-state index contributed by atoms with van der Waals surface area (Å²) < 4.78 is 9.02. The van der Waals surface area contributed by atoms with Crippen molar-refractivity contribution in [2.75, 3.05) is 5.32 Å². The summed E-state index contributed by atoms with van der Waals surface area (Å²) in [6.45, 7) is 3.73. The first-order chi connectivity index (χ1) is 11.0. The third-order valence-electron chi connectivity index (χ3n) is 2.76. The van der Waals surface area contributed by atoms with Crippen LogP contribution in [0.25, 0.3) is 10.8 Å². The van der Waals surface area contributed by atoms with Gasteiger partial charge >= 0.3 is 0 Å². The number of aryl methyl sites for hydroxylation is 1. The van der Waals surface area contributed by atoms with Gasteiger partial charge in [-0.3, -0.25) is 0 Å². The van der Waals surface area contributed by atoms with Crippen LogP contribution < -0.4 is 5.32 Å². The van der Waals surface area contributed by atoms with Gasteiger partial charge in [0.2, 0.25) is 0 Å². The van der Waals surface area contributed by atoms with Gasteiger partial charge in [0.15, 0.2) is 0 Å². The number of rotatable bonds is 7. The Morgan fingerprint density at radius 1 is 1.09 bits per heavy atom. The lowest BCUT2D eigenvalue weighted by atomic mass is 10.1. The van der Waals surface area contributed by atoms with Crippen LogP contribution in [0.5, 0.6) is 0 Å². The average molecular weight is 375 g/mol. The van der Waals surface area contributed by atoms with E-state index in [-0.39, 0.29) is 0 Å². The predicted octanol–water partition coefficient (Wildman–Crippen LogP) is 4.76. The summed E-state index contributed by atoms with van der Waals surface area (Å²) in [5.74, 6) is 0. The van der Waals surface area contributed by atoms with E-state index in [9.17, 15) is 0 Å². The second-order valence-electron chi connectivity index (χ2n) is 4.47. The molecule has 0 spiro atoms. The zero-order valence-corrected chi connectivity index (χ0v) is 14.5. The molecule has 0 fully saturated rings. The molecule has 0 aliphatic carbocycles. The summed E-state index contributed by atoms with van der Waals surface area (Å²) in [6.07, 6.45) is 0. The molecule has 0 amide bonds. The molecule has 7 nitrogen and oxygen atoms in total. The van der Waals surface area contributed by atoms with E-state index in [1.165, 1.54) is 0 Å². The molecule has 0 saturated carbocycles. The maximum absolute atomic E-state index is 8.41. The first-order valence-electron chi connectivity index (χ1n) is 6.20. The van der Waals surface area contributed by atoms with Crippen LogP contribution in [0.2, 0.25) is 0 Å². The summed E-state index contributed by atoms with van der Waals surface area (Å²) in [7, 11) is 0. The van der Waals surface area contributed by atoms with Gasteiger partial charge in [0.25, 0.3) is 0 Å². The Morgan fingerprint density at radius 3 is 2.43 bits per heavy atom. The molecule has 0 bridgehead atoms. The van der Waals surface area contributed by atoms with Gasteiger partial charge in [-0.2, -0.15) is 0 Å². The van der Waals surface area contributed by atoms with Gasteiger partial charge in [-0.05, 0) is 43.0 Å². The monoisotopic (exact) mass is 375 g/mol. The fraction of sp³-hybridized carbons (Fsp3) is 0.154. The summed E-state index contributed by atoms with van der Waals surface area (Å²) in [4.78, 5) is 1.90. The molecule has 2 aromatic carbocycles. The van der Waals surface area contributed by atoms with Crippen molar-refractivity contribution in [2.24, 2.45) is 0 Å². The van der Waals surface area contributed by atoms with Crippen LogP contribution in [0.15, 0.2) is 34.1 Å². The molecule has 0 aliphatic heterocycles. The van der Waals surface area contributed by atoms with Crippen molar-refractivity contribution in [1.82, 2.24) is 0 Å². The molecule has 124 valence electrons. The van der Waals surface area contributed by atoms with Gasteiger partial charge in [0.1, 0.15) is 0 Å². The maximum atomic E-state index is 8.41. The van der Waals surface area contributed by atoms with E-state index >= 15 is 0 Å². The molecular formula is C13H13NO6S3. The van der Waals surface area contributed by atoms with E-state index in [0.717, 1.165) is 46.1 Å². The van der Waals surface area contributed by atoms with E-state index in [1.807, 2.05) is 25.1 Å². The van der Waals surface area contributed by atoms with Gasteiger partial charge in [-0.15, -0.1) is 8.67 Å². The summed E-state index contributed by atoms with van der Waals surface area (Å²) >= 11 is 6.75. The first kappa shape index (κ1) is 18.4. The van der Waals surface area contributed by atoms with E-state index in [0.29, 0.717) is 14.8 Å². The quantitative estimate of drug-likeness (QED) is 0.272. The average Bonchev–Trinajstić information content (AvgIpc) is 2.49. The van der Waals surface area contributed by atoms with E-state index < -0.39 is 0 Å². The number of benzene rings is 2. The number of nitrogens with one attached hydrogen (secondary N) is 1.